The first kappa shape index (κ1) is 19.3. The minimum absolute atomic E-state index is 0.227. The summed E-state index contributed by atoms with van der Waals surface area (Å²) in [5.41, 5.74) is 1.99. The maximum absolute atomic E-state index is 12.2. The second-order valence-corrected chi connectivity index (χ2v) is 7.13. The number of nitrogens with zero attached hydrogens (tertiary/aromatic N) is 2. The molecule has 0 radical (unpaired) electrons. The van der Waals surface area contributed by atoms with Gasteiger partial charge >= 0.3 is 6.09 Å². The molecule has 0 saturated carbocycles. The van der Waals surface area contributed by atoms with Crippen LogP contribution in [-0.2, 0) is 4.74 Å². The van der Waals surface area contributed by atoms with Crippen molar-refractivity contribution < 1.29 is 9.53 Å². The van der Waals surface area contributed by atoms with Crippen LogP contribution < -0.4 is 0 Å². The van der Waals surface area contributed by atoms with Crippen molar-refractivity contribution in [2.45, 2.75) is 59.6 Å². The van der Waals surface area contributed by atoms with Gasteiger partial charge in [0.15, 0.2) is 0 Å². The van der Waals surface area contributed by atoms with Crippen molar-refractivity contribution in [3.05, 3.63) is 36.1 Å². The zero-order valence-corrected chi connectivity index (χ0v) is 15.6. The molecule has 0 N–H and O–H groups in total. The lowest BCUT2D eigenvalue weighted by atomic mass is 10.1. The largest absolute Gasteiger partial charge is 0.444 e. The first-order chi connectivity index (χ1) is 10.7. The molecule has 1 heterocycles. The molecule has 1 aliphatic rings. The highest BCUT2D eigenvalue weighted by atomic mass is 16.6. The number of rotatable bonds is 4. The summed E-state index contributed by atoms with van der Waals surface area (Å²) in [4.78, 5) is 16.3. The van der Waals surface area contributed by atoms with E-state index < -0.39 is 5.60 Å². The first-order valence-electron chi connectivity index (χ1n) is 8.42. The second kappa shape index (κ2) is 8.23. The van der Waals surface area contributed by atoms with Gasteiger partial charge in [0, 0.05) is 31.4 Å². The van der Waals surface area contributed by atoms with Gasteiger partial charge in [0.1, 0.15) is 5.60 Å². The van der Waals surface area contributed by atoms with Gasteiger partial charge in [-0.2, -0.15) is 0 Å². The van der Waals surface area contributed by atoms with E-state index in [0.29, 0.717) is 13.1 Å². The van der Waals surface area contributed by atoms with Crippen molar-refractivity contribution in [1.82, 2.24) is 9.80 Å². The SMILES string of the molecule is C=CC(=CC=C(C)CC)N1CCN(C(=O)OC(C)(C)C)CC1C. The summed E-state index contributed by atoms with van der Waals surface area (Å²) in [6, 6.07) is 0.232. The summed E-state index contributed by atoms with van der Waals surface area (Å²) in [5, 5.41) is 0. The molecule has 23 heavy (non-hydrogen) atoms. The molecule has 1 aliphatic heterocycles. The molecule has 0 aromatic heterocycles. The van der Waals surface area contributed by atoms with Gasteiger partial charge in [-0.1, -0.05) is 25.2 Å². The van der Waals surface area contributed by atoms with E-state index >= 15 is 0 Å². The molecule has 1 atom stereocenters. The van der Waals surface area contributed by atoms with Crippen LogP contribution in [0.15, 0.2) is 36.1 Å². The average molecular weight is 320 g/mol. The van der Waals surface area contributed by atoms with E-state index in [-0.39, 0.29) is 12.1 Å². The summed E-state index contributed by atoms with van der Waals surface area (Å²) < 4.78 is 5.47. The summed E-state index contributed by atoms with van der Waals surface area (Å²) in [6.07, 6.45) is 6.96. The molecule has 0 bridgehead atoms. The second-order valence-electron chi connectivity index (χ2n) is 7.13. The van der Waals surface area contributed by atoms with E-state index in [9.17, 15) is 4.79 Å². The molecule has 1 rings (SSSR count). The van der Waals surface area contributed by atoms with Crippen molar-refractivity contribution in [3.63, 3.8) is 0 Å². The molecular formula is C19H32N2O2. The number of amides is 1. The van der Waals surface area contributed by atoms with E-state index in [1.165, 1.54) is 5.57 Å². The highest BCUT2D eigenvalue weighted by Gasteiger charge is 2.29. The molecule has 0 spiro atoms. The molecular weight excluding hydrogens is 288 g/mol. The first-order valence-corrected chi connectivity index (χ1v) is 8.42. The van der Waals surface area contributed by atoms with E-state index in [0.717, 1.165) is 18.7 Å². The van der Waals surface area contributed by atoms with Crippen LogP contribution in [0, 0.1) is 0 Å². The van der Waals surface area contributed by atoms with E-state index in [1.54, 1.807) is 4.90 Å². The quantitative estimate of drug-likeness (QED) is 0.722. The van der Waals surface area contributed by atoms with Gasteiger partial charge in [-0.05, 0) is 53.2 Å². The van der Waals surface area contributed by atoms with Gasteiger partial charge in [-0.25, -0.2) is 4.79 Å². The molecule has 4 heteroatoms. The predicted octanol–water partition coefficient (Wildman–Crippen LogP) is 4.35. The number of hydrogen-bond donors (Lipinski definition) is 0. The highest BCUT2D eigenvalue weighted by molar-refractivity contribution is 5.68. The fourth-order valence-corrected chi connectivity index (χ4v) is 2.46. The van der Waals surface area contributed by atoms with Crippen LogP contribution in [0.5, 0.6) is 0 Å². The Hall–Kier alpha value is -1.71. The topological polar surface area (TPSA) is 32.8 Å². The Morgan fingerprint density at radius 3 is 2.43 bits per heavy atom. The Kier molecular flexibility index (Phi) is 6.92. The molecule has 1 amide bonds. The Morgan fingerprint density at radius 1 is 1.30 bits per heavy atom. The fraction of sp³-hybridized carbons (Fsp3) is 0.632. The standard InChI is InChI=1S/C19H32N2O2/c1-8-15(3)10-11-17(9-2)21-13-12-20(14-16(21)4)18(22)23-19(5,6)7/h9-11,16H,2,8,12-14H2,1,3-7H3. The van der Waals surface area contributed by atoms with E-state index in [1.807, 2.05) is 26.8 Å². The summed E-state index contributed by atoms with van der Waals surface area (Å²) >= 11 is 0. The van der Waals surface area contributed by atoms with Gasteiger partial charge in [0.2, 0.25) is 0 Å². The molecule has 0 aromatic rings. The number of ether oxygens (including phenoxy) is 1. The van der Waals surface area contributed by atoms with Crippen LogP contribution in [0.1, 0.15) is 48.0 Å². The van der Waals surface area contributed by atoms with Crippen LogP contribution in [-0.4, -0.2) is 47.2 Å². The predicted molar refractivity (Wildman–Crippen MR) is 96.3 cm³/mol. The van der Waals surface area contributed by atoms with Crippen LogP contribution in [0.25, 0.3) is 0 Å². The number of hydrogen-bond acceptors (Lipinski definition) is 3. The van der Waals surface area contributed by atoms with Gasteiger partial charge in [-0.15, -0.1) is 0 Å². The fourth-order valence-electron chi connectivity index (χ4n) is 2.46. The number of carbonyl (C=O) groups is 1. The molecule has 1 unspecified atom stereocenters. The Morgan fingerprint density at radius 2 is 1.96 bits per heavy atom. The molecule has 1 fully saturated rings. The minimum atomic E-state index is -0.452. The van der Waals surface area contributed by atoms with Crippen molar-refractivity contribution in [1.29, 1.82) is 0 Å². The Balaban J connectivity index is 2.74. The smallest absolute Gasteiger partial charge is 0.410 e. The lowest BCUT2D eigenvalue weighted by molar-refractivity contribution is 0.0105. The van der Waals surface area contributed by atoms with Gasteiger partial charge in [0.05, 0.1) is 0 Å². The van der Waals surface area contributed by atoms with Crippen LogP contribution in [0.3, 0.4) is 0 Å². The van der Waals surface area contributed by atoms with Gasteiger partial charge < -0.3 is 14.5 Å². The molecule has 0 aromatic carbocycles. The van der Waals surface area contributed by atoms with Crippen LogP contribution >= 0.6 is 0 Å². The molecule has 4 nitrogen and oxygen atoms in total. The third-order valence-electron chi connectivity index (χ3n) is 3.92. The number of carbonyl (C=O) groups excluding carboxylic acids is 1. The Bertz CT molecular complexity index is 486. The third-order valence-corrected chi connectivity index (χ3v) is 3.92. The van der Waals surface area contributed by atoms with E-state index in [4.69, 9.17) is 4.74 Å². The Labute approximate surface area is 141 Å². The lowest BCUT2D eigenvalue weighted by Crippen LogP contribution is -2.53. The summed E-state index contributed by atoms with van der Waals surface area (Å²) in [6.45, 7) is 18.1. The molecule has 130 valence electrons. The van der Waals surface area contributed by atoms with Crippen molar-refractivity contribution in [3.8, 4) is 0 Å². The molecule has 1 saturated heterocycles. The normalized spacial score (nSPS) is 20.5. The zero-order chi connectivity index (χ0) is 17.6. The maximum Gasteiger partial charge on any atom is 0.410 e. The monoisotopic (exact) mass is 320 g/mol. The summed E-state index contributed by atoms with van der Waals surface area (Å²) in [7, 11) is 0. The van der Waals surface area contributed by atoms with Crippen LogP contribution in [0.2, 0.25) is 0 Å². The van der Waals surface area contributed by atoms with Crippen molar-refractivity contribution >= 4 is 6.09 Å². The van der Waals surface area contributed by atoms with Crippen LogP contribution in [0.4, 0.5) is 4.79 Å². The van der Waals surface area contributed by atoms with Gasteiger partial charge in [0.25, 0.3) is 0 Å². The van der Waals surface area contributed by atoms with E-state index in [2.05, 4.69) is 44.4 Å². The highest BCUT2D eigenvalue weighted by Crippen LogP contribution is 2.19. The third kappa shape index (κ3) is 6.12. The average Bonchev–Trinajstić information content (AvgIpc) is 2.46. The lowest BCUT2D eigenvalue weighted by Gasteiger charge is -2.41. The van der Waals surface area contributed by atoms with Crippen molar-refractivity contribution in [2.24, 2.45) is 0 Å². The zero-order valence-electron chi connectivity index (χ0n) is 15.6. The van der Waals surface area contributed by atoms with Gasteiger partial charge in [-0.3, -0.25) is 0 Å². The van der Waals surface area contributed by atoms with Crippen molar-refractivity contribution in [2.75, 3.05) is 19.6 Å². The molecule has 0 aliphatic carbocycles. The number of allylic oxidation sites excluding steroid dienone is 4. The maximum atomic E-state index is 12.2. The minimum Gasteiger partial charge on any atom is -0.444 e. The summed E-state index contributed by atoms with van der Waals surface area (Å²) in [5.74, 6) is 0. The number of piperazine rings is 1.